The minimum atomic E-state index is -0.524. The Hall–Kier alpha value is -2.56. The first-order valence-corrected chi connectivity index (χ1v) is 7.92. The van der Waals surface area contributed by atoms with Crippen molar-refractivity contribution in [3.63, 3.8) is 0 Å². The fourth-order valence-corrected chi connectivity index (χ4v) is 3.15. The van der Waals surface area contributed by atoms with Gasteiger partial charge >= 0.3 is 0 Å². The van der Waals surface area contributed by atoms with Gasteiger partial charge in [0.1, 0.15) is 5.75 Å². The molecule has 1 atom stereocenters. The molecule has 0 N–H and O–H groups in total. The molecule has 0 bridgehead atoms. The zero-order valence-electron chi connectivity index (χ0n) is 13.8. The van der Waals surface area contributed by atoms with Crippen LogP contribution in [0.25, 0.3) is 0 Å². The molecule has 0 unspecified atom stereocenters. The highest BCUT2D eigenvalue weighted by atomic mass is 19.1. The Kier molecular flexibility index (Phi) is 4.69. The lowest BCUT2D eigenvalue weighted by Crippen LogP contribution is -2.30. The van der Waals surface area contributed by atoms with Crippen molar-refractivity contribution in [3.05, 3.63) is 59.4 Å². The molecule has 2 aromatic carbocycles. The molecule has 0 spiro atoms. The van der Waals surface area contributed by atoms with Gasteiger partial charge in [-0.3, -0.25) is 4.79 Å². The number of halogens is 1. The summed E-state index contributed by atoms with van der Waals surface area (Å²) in [5, 5.41) is 0. The summed E-state index contributed by atoms with van der Waals surface area (Å²) in [4.78, 5) is 14.6. The first kappa shape index (κ1) is 16.3. The third kappa shape index (κ3) is 3.07. The Morgan fingerprint density at radius 1 is 1.12 bits per heavy atom. The van der Waals surface area contributed by atoms with E-state index in [1.165, 1.54) is 19.2 Å². The van der Waals surface area contributed by atoms with E-state index in [-0.39, 0.29) is 17.7 Å². The molecule has 24 heavy (non-hydrogen) atoms. The number of likely N-dealkylation sites (tertiary alicyclic amines) is 1. The summed E-state index contributed by atoms with van der Waals surface area (Å²) in [6.07, 6.45) is 1.83. The van der Waals surface area contributed by atoms with Gasteiger partial charge in [0, 0.05) is 12.1 Å². The Bertz CT molecular complexity index is 730. The van der Waals surface area contributed by atoms with Crippen LogP contribution in [0.2, 0.25) is 0 Å². The standard InChI is InChI=1S/C19H20FNO3/c1-23-15-8-5-13(6-9-15)17-4-3-11-21(17)19(22)14-7-10-18(24-2)16(20)12-14/h5-10,12,17H,3-4,11H2,1-2H3/t17-/m0/s1. The summed E-state index contributed by atoms with van der Waals surface area (Å²) in [6.45, 7) is 0.670. The summed E-state index contributed by atoms with van der Waals surface area (Å²) in [6, 6.07) is 12.1. The number of methoxy groups -OCH3 is 2. The molecule has 4 nitrogen and oxygen atoms in total. The summed E-state index contributed by atoms with van der Waals surface area (Å²) < 4.78 is 24.0. The molecule has 0 radical (unpaired) electrons. The summed E-state index contributed by atoms with van der Waals surface area (Å²) in [5.41, 5.74) is 1.41. The summed E-state index contributed by atoms with van der Waals surface area (Å²) >= 11 is 0. The molecule has 2 aromatic rings. The molecule has 126 valence electrons. The van der Waals surface area contributed by atoms with Crippen LogP contribution < -0.4 is 9.47 Å². The average Bonchev–Trinajstić information content (AvgIpc) is 3.10. The quantitative estimate of drug-likeness (QED) is 0.856. The molecule has 1 amide bonds. The first-order chi connectivity index (χ1) is 11.6. The maximum atomic E-state index is 13.9. The third-order valence-electron chi connectivity index (χ3n) is 4.41. The second kappa shape index (κ2) is 6.91. The van der Waals surface area contributed by atoms with Crippen LogP contribution in [-0.4, -0.2) is 31.6 Å². The average molecular weight is 329 g/mol. The predicted octanol–water partition coefficient (Wildman–Crippen LogP) is 3.82. The smallest absolute Gasteiger partial charge is 0.254 e. The van der Waals surface area contributed by atoms with E-state index in [1.54, 1.807) is 13.2 Å². The highest BCUT2D eigenvalue weighted by molar-refractivity contribution is 5.94. The summed E-state index contributed by atoms with van der Waals surface area (Å²) in [7, 11) is 3.03. The number of amides is 1. The molecule has 1 heterocycles. The van der Waals surface area contributed by atoms with Gasteiger partial charge in [0.2, 0.25) is 0 Å². The molecule has 1 aliphatic rings. The second-order valence-electron chi connectivity index (χ2n) is 5.78. The number of rotatable bonds is 4. The van der Waals surface area contributed by atoms with Gasteiger partial charge in [-0.2, -0.15) is 0 Å². The van der Waals surface area contributed by atoms with E-state index in [0.29, 0.717) is 12.1 Å². The molecule has 5 heteroatoms. The third-order valence-corrected chi connectivity index (χ3v) is 4.41. The normalized spacial score (nSPS) is 17.0. The molecule has 1 aliphatic heterocycles. The van der Waals surface area contributed by atoms with Crippen molar-refractivity contribution in [3.8, 4) is 11.5 Å². The topological polar surface area (TPSA) is 38.8 Å². The number of benzene rings is 2. The van der Waals surface area contributed by atoms with Crippen LogP contribution in [0.4, 0.5) is 4.39 Å². The zero-order chi connectivity index (χ0) is 17.1. The highest BCUT2D eigenvalue weighted by Gasteiger charge is 2.30. The van der Waals surface area contributed by atoms with Crippen molar-refractivity contribution in [2.24, 2.45) is 0 Å². The molecule has 1 fully saturated rings. The predicted molar refractivity (Wildman–Crippen MR) is 89.0 cm³/mol. The SMILES string of the molecule is COc1ccc([C@@H]2CCCN2C(=O)c2ccc(OC)c(F)c2)cc1. The Morgan fingerprint density at radius 3 is 2.50 bits per heavy atom. The van der Waals surface area contributed by atoms with Gasteiger partial charge in [-0.25, -0.2) is 4.39 Å². The van der Waals surface area contributed by atoms with Crippen molar-refractivity contribution in [1.29, 1.82) is 0 Å². The number of hydrogen-bond acceptors (Lipinski definition) is 3. The van der Waals surface area contributed by atoms with Gasteiger partial charge in [-0.05, 0) is 48.7 Å². The molecular formula is C19H20FNO3. The second-order valence-corrected chi connectivity index (χ2v) is 5.78. The van der Waals surface area contributed by atoms with Crippen molar-refractivity contribution in [1.82, 2.24) is 4.90 Å². The molecule has 3 rings (SSSR count). The first-order valence-electron chi connectivity index (χ1n) is 7.92. The minimum absolute atomic E-state index is 0.00793. The van der Waals surface area contributed by atoms with E-state index in [0.717, 1.165) is 24.2 Å². The zero-order valence-corrected chi connectivity index (χ0v) is 13.8. The molecule has 0 saturated carbocycles. The fourth-order valence-electron chi connectivity index (χ4n) is 3.15. The molecule has 0 aliphatic carbocycles. The monoisotopic (exact) mass is 329 g/mol. The van der Waals surface area contributed by atoms with Crippen molar-refractivity contribution >= 4 is 5.91 Å². The van der Waals surface area contributed by atoms with Crippen LogP contribution in [-0.2, 0) is 0 Å². The Morgan fingerprint density at radius 2 is 1.88 bits per heavy atom. The van der Waals surface area contributed by atoms with Crippen molar-refractivity contribution in [2.45, 2.75) is 18.9 Å². The van der Waals surface area contributed by atoms with Crippen LogP contribution in [0.3, 0.4) is 0 Å². The fraction of sp³-hybridized carbons (Fsp3) is 0.316. The largest absolute Gasteiger partial charge is 0.497 e. The van der Waals surface area contributed by atoms with E-state index in [9.17, 15) is 9.18 Å². The molecule has 0 aromatic heterocycles. The van der Waals surface area contributed by atoms with Crippen molar-refractivity contribution in [2.75, 3.05) is 20.8 Å². The van der Waals surface area contributed by atoms with E-state index in [4.69, 9.17) is 9.47 Å². The van der Waals surface area contributed by atoms with Gasteiger partial charge in [0.25, 0.3) is 5.91 Å². The van der Waals surface area contributed by atoms with Crippen LogP contribution in [0.5, 0.6) is 11.5 Å². The number of nitrogens with zero attached hydrogens (tertiary/aromatic N) is 1. The molecule has 1 saturated heterocycles. The Labute approximate surface area is 140 Å². The van der Waals surface area contributed by atoms with Gasteiger partial charge in [0.15, 0.2) is 11.6 Å². The summed E-state index contributed by atoms with van der Waals surface area (Å²) in [5.74, 6) is 0.241. The maximum Gasteiger partial charge on any atom is 0.254 e. The van der Waals surface area contributed by atoms with Crippen LogP contribution in [0.1, 0.15) is 34.8 Å². The van der Waals surface area contributed by atoms with Gasteiger partial charge in [-0.1, -0.05) is 12.1 Å². The maximum absolute atomic E-state index is 13.9. The van der Waals surface area contributed by atoms with E-state index < -0.39 is 5.82 Å². The van der Waals surface area contributed by atoms with Crippen LogP contribution in [0.15, 0.2) is 42.5 Å². The lowest BCUT2D eigenvalue weighted by molar-refractivity contribution is 0.0735. The number of ether oxygens (including phenoxy) is 2. The number of hydrogen-bond donors (Lipinski definition) is 0. The number of carbonyl (C=O) groups is 1. The number of carbonyl (C=O) groups excluding carboxylic acids is 1. The van der Waals surface area contributed by atoms with Crippen LogP contribution >= 0.6 is 0 Å². The van der Waals surface area contributed by atoms with E-state index >= 15 is 0 Å². The van der Waals surface area contributed by atoms with E-state index in [2.05, 4.69) is 0 Å². The van der Waals surface area contributed by atoms with Gasteiger partial charge in [0.05, 0.1) is 20.3 Å². The van der Waals surface area contributed by atoms with Gasteiger partial charge in [-0.15, -0.1) is 0 Å². The minimum Gasteiger partial charge on any atom is -0.497 e. The lowest BCUT2D eigenvalue weighted by Gasteiger charge is -2.25. The van der Waals surface area contributed by atoms with Crippen molar-refractivity contribution < 1.29 is 18.7 Å². The lowest BCUT2D eigenvalue weighted by atomic mass is 10.0. The highest BCUT2D eigenvalue weighted by Crippen LogP contribution is 2.34. The molecular weight excluding hydrogens is 309 g/mol. The Balaban J connectivity index is 1.84. The van der Waals surface area contributed by atoms with E-state index in [1.807, 2.05) is 29.2 Å². The van der Waals surface area contributed by atoms with Crippen LogP contribution in [0, 0.1) is 5.82 Å². The van der Waals surface area contributed by atoms with Gasteiger partial charge < -0.3 is 14.4 Å².